The highest BCUT2D eigenvalue weighted by atomic mass is 35.5. The third-order valence-electron chi connectivity index (χ3n) is 5.85. The number of aryl methyl sites for hydroxylation is 2. The lowest BCUT2D eigenvalue weighted by atomic mass is 9.98. The van der Waals surface area contributed by atoms with Crippen LogP contribution in [0, 0.1) is 0 Å². The second-order valence-corrected chi connectivity index (χ2v) is 9.76. The Morgan fingerprint density at radius 3 is 2.81 bits per heavy atom. The fourth-order valence-electron chi connectivity index (χ4n) is 3.95. The molecule has 0 radical (unpaired) electrons. The number of rotatable bonds is 3. The molecule has 0 saturated heterocycles. The normalized spacial score (nSPS) is 17.7. The van der Waals surface area contributed by atoms with Gasteiger partial charge < -0.3 is 9.88 Å². The van der Waals surface area contributed by atoms with E-state index in [-0.39, 0.29) is 5.91 Å². The smallest absolute Gasteiger partial charge is 0.220 e. The Bertz CT molecular complexity index is 1070. The number of carbonyl (C=O) groups is 1. The van der Waals surface area contributed by atoms with E-state index in [0.29, 0.717) is 18.9 Å². The maximum absolute atomic E-state index is 12.2. The molecule has 0 aliphatic carbocycles. The van der Waals surface area contributed by atoms with Gasteiger partial charge in [0.25, 0.3) is 0 Å². The summed E-state index contributed by atoms with van der Waals surface area (Å²) in [6.07, 6.45) is 4.08. The number of thioether (sulfide) groups is 1. The van der Waals surface area contributed by atoms with E-state index in [1.165, 1.54) is 16.7 Å². The van der Waals surface area contributed by atoms with Crippen molar-refractivity contribution in [3.05, 3.63) is 76.1 Å². The number of halogens is 1. The molecule has 5 nitrogen and oxygen atoms in total. The highest BCUT2D eigenvalue weighted by Crippen LogP contribution is 2.25. The minimum atomic E-state index is 0.127. The first-order valence-electron chi connectivity index (χ1n) is 11.2. The molecule has 1 unspecified atom stereocenters. The number of carbonyl (C=O) groups excluding carboxylic acids is 1. The van der Waals surface area contributed by atoms with E-state index >= 15 is 0 Å². The van der Waals surface area contributed by atoms with Crippen LogP contribution in [0.4, 0.5) is 0 Å². The Balaban J connectivity index is 1.55. The lowest BCUT2D eigenvalue weighted by Gasteiger charge is -2.14. The van der Waals surface area contributed by atoms with E-state index in [2.05, 4.69) is 57.3 Å². The molecule has 168 valence electrons. The summed E-state index contributed by atoms with van der Waals surface area (Å²) in [5.74, 6) is 2.21. The predicted molar refractivity (Wildman–Crippen MR) is 130 cm³/mol. The van der Waals surface area contributed by atoms with Gasteiger partial charge in [-0.05, 0) is 54.0 Å². The highest BCUT2D eigenvalue weighted by molar-refractivity contribution is 7.98. The molecule has 0 fully saturated rings. The van der Waals surface area contributed by atoms with Gasteiger partial charge in [-0.15, -0.1) is 10.2 Å². The van der Waals surface area contributed by atoms with E-state index in [0.717, 1.165) is 54.0 Å². The largest absolute Gasteiger partial charge is 0.356 e. The van der Waals surface area contributed by atoms with Gasteiger partial charge >= 0.3 is 0 Å². The molecular formula is C25H29ClN4OS. The zero-order valence-electron chi connectivity index (χ0n) is 18.4. The van der Waals surface area contributed by atoms with E-state index in [9.17, 15) is 4.79 Å². The Morgan fingerprint density at radius 1 is 1.09 bits per heavy atom. The first-order chi connectivity index (χ1) is 15.6. The monoisotopic (exact) mass is 468 g/mol. The van der Waals surface area contributed by atoms with Gasteiger partial charge in [-0.2, -0.15) is 0 Å². The zero-order chi connectivity index (χ0) is 22.3. The van der Waals surface area contributed by atoms with Crippen LogP contribution in [-0.2, 0) is 29.9 Å². The van der Waals surface area contributed by atoms with E-state index < -0.39 is 0 Å². The second kappa shape index (κ2) is 11.0. The van der Waals surface area contributed by atoms with Crippen LogP contribution in [-0.4, -0.2) is 27.2 Å². The fraction of sp³-hybridized carbons (Fsp3) is 0.400. The van der Waals surface area contributed by atoms with Crippen molar-refractivity contribution in [1.82, 2.24) is 20.1 Å². The number of aromatic nitrogens is 3. The lowest BCUT2D eigenvalue weighted by Crippen LogP contribution is -2.27. The molecule has 2 aromatic carbocycles. The second-order valence-electron chi connectivity index (χ2n) is 8.38. The minimum absolute atomic E-state index is 0.127. The standard InChI is InChI=1S/C25H29ClN4OS/c1-18-16-27-24(31)11-3-2-10-23-28-29-25(32-17-20-7-5-9-22(26)15-20)30(23)13-12-19-6-4-8-21(18)14-19/h4-9,14-15,18H,2-3,10-13,16-17H2,1H3,(H,27,31). The van der Waals surface area contributed by atoms with Gasteiger partial charge in [0.1, 0.15) is 5.82 Å². The van der Waals surface area contributed by atoms with Gasteiger partial charge in [0.15, 0.2) is 5.16 Å². The molecule has 1 aliphatic rings. The summed E-state index contributed by atoms with van der Waals surface area (Å²) >= 11 is 7.83. The molecule has 1 aromatic heterocycles. The first kappa shape index (κ1) is 22.9. The molecule has 7 heteroatoms. The zero-order valence-corrected chi connectivity index (χ0v) is 20.0. The van der Waals surface area contributed by atoms with Crippen LogP contribution in [0.3, 0.4) is 0 Å². The molecular weight excluding hydrogens is 440 g/mol. The first-order valence-corrected chi connectivity index (χ1v) is 12.6. The maximum Gasteiger partial charge on any atom is 0.220 e. The van der Waals surface area contributed by atoms with Crippen LogP contribution in [0.1, 0.15) is 54.6 Å². The van der Waals surface area contributed by atoms with Gasteiger partial charge in [-0.25, -0.2) is 0 Å². The van der Waals surface area contributed by atoms with Crippen molar-refractivity contribution in [2.24, 2.45) is 0 Å². The molecule has 0 saturated carbocycles. The Kier molecular flexibility index (Phi) is 7.87. The van der Waals surface area contributed by atoms with Gasteiger partial charge in [0, 0.05) is 36.7 Å². The molecule has 32 heavy (non-hydrogen) atoms. The molecule has 2 bridgehead atoms. The van der Waals surface area contributed by atoms with Crippen molar-refractivity contribution >= 4 is 29.3 Å². The number of amides is 1. The van der Waals surface area contributed by atoms with Gasteiger partial charge in [0.05, 0.1) is 0 Å². The molecule has 1 atom stereocenters. The van der Waals surface area contributed by atoms with Crippen molar-refractivity contribution in [2.75, 3.05) is 6.54 Å². The van der Waals surface area contributed by atoms with Gasteiger partial charge in [-0.1, -0.05) is 66.7 Å². The average molecular weight is 469 g/mol. The van der Waals surface area contributed by atoms with E-state index in [1.807, 2.05) is 18.2 Å². The molecule has 1 aliphatic heterocycles. The van der Waals surface area contributed by atoms with Crippen molar-refractivity contribution in [2.45, 2.75) is 62.4 Å². The average Bonchev–Trinajstić information content (AvgIpc) is 3.18. The molecule has 3 aromatic rings. The SMILES string of the molecule is CC1CNC(=O)CCCCc2nnc(SCc3cccc(Cl)c3)n2CCc2cccc1c2. The highest BCUT2D eigenvalue weighted by Gasteiger charge is 2.15. The van der Waals surface area contributed by atoms with Crippen LogP contribution in [0.25, 0.3) is 0 Å². The summed E-state index contributed by atoms with van der Waals surface area (Å²) in [5, 5.41) is 13.8. The van der Waals surface area contributed by atoms with Crippen molar-refractivity contribution in [3.63, 3.8) is 0 Å². The van der Waals surface area contributed by atoms with Crippen LogP contribution in [0.5, 0.6) is 0 Å². The van der Waals surface area contributed by atoms with Crippen LogP contribution >= 0.6 is 23.4 Å². The number of hydrogen-bond donors (Lipinski definition) is 1. The lowest BCUT2D eigenvalue weighted by molar-refractivity contribution is -0.121. The van der Waals surface area contributed by atoms with Crippen LogP contribution in [0.15, 0.2) is 53.7 Å². The summed E-state index contributed by atoms with van der Waals surface area (Å²) in [5.41, 5.74) is 3.72. The Morgan fingerprint density at radius 2 is 1.94 bits per heavy atom. The molecule has 0 spiro atoms. The number of benzene rings is 2. The molecule has 4 rings (SSSR count). The summed E-state index contributed by atoms with van der Waals surface area (Å²) in [6.45, 7) is 3.69. The maximum atomic E-state index is 12.2. The number of hydrogen-bond acceptors (Lipinski definition) is 4. The van der Waals surface area contributed by atoms with Gasteiger partial charge in [-0.3, -0.25) is 4.79 Å². The van der Waals surface area contributed by atoms with E-state index in [1.54, 1.807) is 11.8 Å². The fourth-order valence-corrected chi connectivity index (χ4v) is 5.09. The third kappa shape index (κ3) is 6.14. The van der Waals surface area contributed by atoms with Crippen molar-refractivity contribution in [3.8, 4) is 0 Å². The molecule has 1 amide bonds. The Labute approximate surface area is 199 Å². The minimum Gasteiger partial charge on any atom is -0.356 e. The quantitative estimate of drug-likeness (QED) is 0.522. The topological polar surface area (TPSA) is 59.8 Å². The summed E-state index contributed by atoms with van der Waals surface area (Å²) in [4.78, 5) is 12.2. The van der Waals surface area contributed by atoms with Crippen LogP contribution in [0.2, 0.25) is 5.02 Å². The third-order valence-corrected chi connectivity index (χ3v) is 7.13. The molecule has 2 heterocycles. The van der Waals surface area contributed by atoms with Crippen molar-refractivity contribution in [1.29, 1.82) is 0 Å². The molecule has 1 N–H and O–H groups in total. The Hall–Kier alpha value is -2.31. The number of nitrogens with zero attached hydrogens (tertiary/aromatic N) is 3. The number of fused-ring (bicyclic) bond motifs is 3. The summed E-state index contributed by atoms with van der Waals surface area (Å²) in [7, 11) is 0. The van der Waals surface area contributed by atoms with Crippen molar-refractivity contribution < 1.29 is 4.79 Å². The van der Waals surface area contributed by atoms with Crippen LogP contribution < -0.4 is 5.32 Å². The predicted octanol–water partition coefficient (Wildman–Crippen LogP) is 5.41. The summed E-state index contributed by atoms with van der Waals surface area (Å²) < 4.78 is 2.25. The van der Waals surface area contributed by atoms with E-state index in [4.69, 9.17) is 11.6 Å². The van der Waals surface area contributed by atoms with Gasteiger partial charge in [0.2, 0.25) is 5.91 Å². The number of nitrogens with one attached hydrogen (secondary N) is 1. The summed E-state index contributed by atoms with van der Waals surface area (Å²) in [6, 6.07) is 16.6.